The highest BCUT2D eigenvalue weighted by Gasteiger charge is 2.09. The van der Waals surface area contributed by atoms with Crippen LogP contribution in [-0.4, -0.2) is 22.9 Å². The summed E-state index contributed by atoms with van der Waals surface area (Å²) in [5, 5.41) is 17.6. The monoisotopic (exact) mass is 182 g/mol. The molecule has 0 atom stereocenters. The fourth-order valence-electron chi connectivity index (χ4n) is 0.903. The Labute approximate surface area is 76.8 Å². The summed E-state index contributed by atoms with van der Waals surface area (Å²) in [6.45, 7) is 2.08. The minimum absolute atomic E-state index is 0.537. The second-order valence-corrected chi connectivity index (χ2v) is 3.71. The quantitative estimate of drug-likeness (QED) is 0.527. The van der Waals surface area contributed by atoms with Crippen LogP contribution < -0.4 is 5.46 Å². The Kier molecular flexibility index (Phi) is 3.65. The van der Waals surface area contributed by atoms with Gasteiger partial charge in [-0.15, -0.1) is 11.8 Å². The van der Waals surface area contributed by atoms with E-state index in [-0.39, 0.29) is 0 Å². The highest BCUT2D eigenvalue weighted by Crippen LogP contribution is 2.14. The highest BCUT2D eigenvalue weighted by molar-refractivity contribution is 7.99. The zero-order chi connectivity index (χ0) is 8.97. The molecule has 1 aromatic rings. The maximum absolute atomic E-state index is 8.79. The predicted molar refractivity (Wildman–Crippen MR) is 52.7 cm³/mol. The normalized spacial score (nSPS) is 9.92. The molecule has 0 amide bonds. The zero-order valence-corrected chi connectivity index (χ0v) is 7.71. The lowest BCUT2D eigenvalue weighted by Gasteiger charge is -2.00. The standard InChI is InChI=1S/C8H11BO2S/c1-2-12-8-5-3-7(4-6-8)9(10)11/h3-6,10-11H,2H2,1H3. The van der Waals surface area contributed by atoms with Gasteiger partial charge in [0.2, 0.25) is 0 Å². The Hall–Kier alpha value is -0.445. The van der Waals surface area contributed by atoms with E-state index in [1.807, 2.05) is 12.1 Å². The van der Waals surface area contributed by atoms with Crippen molar-refractivity contribution >= 4 is 24.3 Å². The first kappa shape index (κ1) is 9.64. The van der Waals surface area contributed by atoms with Gasteiger partial charge in [-0.05, 0) is 23.3 Å². The van der Waals surface area contributed by atoms with Crippen molar-refractivity contribution in [1.82, 2.24) is 0 Å². The van der Waals surface area contributed by atoms with E-state index in [0.29, 0.717) is 5.46 Å². The molecule has 0 aliphatic heterocycles. The average Bonchev–Trinajstić information content (AvgIpc) is 2.06. The van der Waals surface area contributed by atoms with Gasteiger partial charge in [-0.3, -0.25) is 0 Å². The van der Waals surface area contributed by atoms with E-state index in [0.717, 1.165) is 10.6 Å². The fourth-order valence-corrected chi connectivity index (χ4v) is 1.56. The lowest BCUT2D eigenvalue weighted by atomic mass is 9.81. The molecule has 0 saturated heterocycles. The van der Waals surface area contributed by atoms with Crippen molar-refractivity contribution in [1.29, 1.82) is 0 Å². The summed E-state index contributed by atoms with van der Waals surface area (Å²) in [5.74, 6) is 1.03. The maximum atomic E-state index is 8.79. The Bertz CT molecular complexity index is 235. The largest absolute Gasteiger partial charge is 0.488 e. The molecule has 0 unspecified atom stereocenters. The molecule has 0 bridgehead atoms. The second kappa shape index (κ2) is 4.55. The Morgan fingerprint density at radius 3 is 2.25 bits per heavy atom. The van der Waals surface area contributed by atoms with Gasteiger partial charge in [-0.1, -0.05) is 19.1 Å². The minimum Gasteiger partial charge on any atom is -0.423 e. The van der Waals surface area contributed by atoms with Crippen LogP contribution in [0.25, 0.3) is 0 Å². The molecule has 2 nitrogen and oxygen atoms in total. The van der Waals surface area contributed by atoms with Crippen LogP contribution in [0.4, 0.5) is 0 Å². The molecule has 0 aromatic heterocycles. The van der Waals surface area contributed by atoms with Crippen LogP contribution in [0.3, 0.4) is 0 Å². The molecule has 0 heterocycles. The van der Waals surface area contributed by atoms with Gasteiger partial charge in [0.15, 0.2) is 0 Å². The van der Waals surface area contributed by atoms with Gasteiger partial charge in [0.25, 0.3) is 0 Å². The number of hydrogen-bond acceptors (Lipinski definition) is 3. The molecule has 4 heteroatoms. The van der Waals surface area contributed by atoms with E-state index < -0.39 is 7.12 Å². The van der Waals surface area contributed by atoms with Crippen LogP contribution >= 0.6 is 11.8 Å². The Morgan fingerprint density at radius 2 is 1.83 bits per heavy atom. The molecule has 1 aromatic carbocycles. The number of hydrogen-bond donors (Lipinski definition) is 2. The lowest BCUT2D eigenvalue weighted by Crippen LogP contribution is -2.29. The minimum atomic E-state index is -1.36. The van der Waals surface area contributed by atoms with Crippen LogP contribution in [0.5, 0.6) is 0 Å². The van der Waals surface area contributed by atoms with Crippen LogP contribution in [0.2, 0.25) is 0 Å². The summed E-state index contributed by atoms with van der Waals surface area (Å²) in [5.41, 5.74) is 0.537. The van der Waals surface area contributed by atoms with Crippen molar-refractivity contribution in [2.45, 2.75) is 11.8 Å². The third kappa shape index (κ3) is 2.55. The van der Waals surface area contributed by atoms with E-state index in [2.05, 4.69) is 6.92 Å². The van der Waals surface area contributed by atoms with Crippen molar-refractivity contribution in [3.05, 3.63) is 24.3 Å². The molecule has 0 saturated carbocycles. The Morgan fingerprint density at radius 1 is 1.25 bits per heavy atom. The van der Waals surface area contributed by atoms with Crippen molar-refractivity contribution in [3.63, 3.8) is 0 Å². The van der Waals surface area contributed by atoms with E-state index in [4.69, 9.17) is 10.0 Å². The van der Waals surface area contributed by atoms with E-state index in [1.54, 1.807) is 23.9 Å². The topological polar surface area (TPSA) is 40.5 Å². The zero-order valence-electron chi connectivity index (χ0n) is 6.90. The van der Waals surface area contributed by atoms with E-state index in [1.165, 1.54) is 0 Å². The third-order valence-electron chi connectivity index (χ3n) is 1.49. The van der Waals surface area contributed by atoms with Crippen molar-refractivity contribution in [2.75, 3.05) is 5.75 Å². The molecular formula is C8H11BO2S. The van der Waals surface area contributed by atoms with Crippen molar-refractivity contribution in [2.24, 2.45) is 0 Å². The fraction of sp³-hybridized carbons (Fsp3) is 0.250. The first-order valence-electron chi connectivity index (χ1n) is 3.83. The number of thioether (sulfide) groups is 1. The molecule has 1 rings (SSSR count). The highest BCUT2D eigenvalue weighted by atomic mass is 32.2. The third-order valence-corrected chi connectivity index (χ3v) is 2.38. The van der Waals surface area contributed by atoms with Crippen LogP contribution in [0.15, 0.2) is 29.2 Å². The summed E-state index contributed by atoms with van der Waals surface area (Å²) in [6, 6.07) is 7.23. The summed E-state index contributed by atoms with van der Waals surface area (Å²) in [6.07, 6.45) is 0. The van der Waals surface area contributed by atoms with Gasteiger partial charge >= 0.3 is 7.12 Å². The van der Waals surface area contributed by atoms with Crippen molar-refractivity contribution in [3.8, 4) is 0 Å². The SMILES string of the molecule is CCSc1ccc(B(O)O)cc1. The summed E-state index contributed by atoms with van der Waals surface area (Å²) >= 11 is 1.73. The molecule has 2 N–H and O–H groups in total. The first-order valence-corrected chi connectivity index (χ1v) is 4.81. The molecule has 0 fully saturated rings. The summed E-state index contributed by atoms with van der Waals surface area (Å²) in [7, 11) is -1.36. The van der Waals surface area contributed by atoms with Gasteiger partial charge in [0, 0.05) is 4.90 Å². The molecule has 0 spiro atoms. The van der Waals surface area contributed by atoms with Crippen LogP contribution in [0, 0.1) is 0 Å². The summed E-state index contributed by atoms with van der Waals surface area (Å²) in [4.78, 5) is 1.15. The van der Waals surface area contributed by atoms with Gasteiger partial charge in [-0.25, -0.2) is 0 Å². The van der Waals surface area contributed by atoms with Crippen molar-refractivity contribution < 1.29 is 10.0 Å². The van der Waals surface area contributed by atoms with E-state index >= 15 is 0 Å². The van der Waals surface area contributed by atoms with Gasteiger partial charge in [-0.2, -0.15) is 0 Å². The first-order chi connectivity index (χ1) is 5.74. The predicted octanol–water partition coefficient (Wildman–Crippen LogP) is 0.478. The molecule has 0 aliphatic rings. The van der Waals surface area contributed by atoms with Gasteiger partial charge < -0.3 is 10.0 Å². The maximum Gasteiger partial charge on any atom is 0.488 e. The average molecular weight is 182 g/mol. The van der Waals surface area contributed by atoms with Gasteiger partial charge in [0.1, 0.15) is 0 Å². The lowest BCUT2D eigenvalue weighted by molar-refractivity contribution is 0.426. The van der Waals surface area contributed by atoms with Crippen LogP contribution in [-0.2, 0) is 0 Å². The molecule has 0 radical (unpaired) electrons. The molecular weight excluding hydrogens is 171 g/mol. The summed E-state index contributed by atoms with van der Waals surface area (Å²) < 4.78 is 0. The molecule has 12 heavy (non-hydrogen) atoms. The molecule has 0 aliphatic carbocycles. The number of rotatable bonds is 3. The van der Waals surface area contributed by atoms with Crippen LogP contribution in [0.1, 0.15) is 6.92 Å². The second-order valence-electron chi connectivity index (χ2n) is 2.38. The smallest absolute Gasteiger partial charge is 0.423 e. The molecule has 64 valence electrons. The van der Waals surface area contributed by atoms with E-state index in [9.17, 15) is 0 Å². The Balaban J connectivity index is 2.71. The number of benzene rings is 1. The van der Waals surface area contributed by atoms with Gasteiger partial charge in [0.05, 0.1) is 0 Å².